The third-order valence-electron chi connectivity index (χ3n) is 9.55. The highest BCUT2D eigenvalue weighted by molar-refractivity contribution is 5.81. The van der Waals surface area contributed by atoms with Crippen LogP contribution in [0.2, 0.25) is 0 Å². The SMILES string of the molecule is C=C(/C=C\C=C/C)N1c2ccc(-c3ccc(N(c4ccc(-c5ccccc5)cc4)c4ccc(-c5ccccc5)cc4)cc3)cc2C/C=C\C=C/C1C. The molecule has 0 aliphatic carbocycles. The molecule has 1 aliphatic rings. The van der Waals surface area contributed by atoms with E-state index in [0.717, 1.165) is 29.2 Å². The van der Waals surface area contributed by atoms with Gasteiger partial charge in [-0.25, -0.2) is 0 Å². The molecule has 0 saturated heterocycles. The van der Waals surface area contributed by atoms with Gasteiger partial charge in [0.2, 0.25) is 0 Å². The monoisotopic (exact) mass is 672 g/mol. The Morgan fingerprint density at radius 1 is 0.596 bits per heavy atom. The van der Waals surface area contributed by atoms with E-state index in [4.69, 9.17) is 0 Å². The second kappa shape index (κ2) is 16.1. The number of rotatable bonds is 9. The molecule has 2 heteroatoms. The van der Waals surface area contributed by atoms with Crippen molar-refractivity contribution in [1.29, 1.82) is 0 Å². The van der Waals surface area contributed by atoms with Gasteiger partial charge >= 0.3 is 0 Å². The molecule has 0 amide bonds. The number of anilines is 4. The lowest BCUT2D eigenvalue weighted by molar-refractivity contribution is 0.832. The maximum atomic E-state index is 4.45. The van der Waals surface area contributed by atoms with Crippen molar-refractivity contribution in [3.05, 3.63) is 218 Å². The lowest BCUT2D eigenvalue weighted by Gasteiger charge is -2.32. The Kier molecular flexibility index (Phi) is 10.6. The topological polar surface area (TPSA) is 6.48 Å². The van der Waals surface area contributed by atoms with Gasteiger partial charge in [-0.3, -0.25) is 0 Å². The fraction of sp³-hybridized carbons (Fsp3) is 0.0800. The van der Waals surface area contributed by atoms with Gasteiger partial charge < -0.3 is 9.80 Å². The highest BCUT2D eigenvalue weighted by Gasteiger charge is 2.19. The molecule has 2 nitrogen and oxygen atoms in total. The van der Waals surface area contributed by atoms with Crippen LogP contribution >= 0.6 is 0 Å². The molecule has 7 rings (SSSR count). The van der Waals surface area contributed by atoms with Crippen molar-refractivity contribution in [3.63, 3.8) is 0 Å². The molecule has 52 heavy (non-hydrogen) atoms. The van der Waals surface area contributed by atoms with Crippen molar-refractivity contribution >= 4 is 22.7 Å². The number of allylic oxidation sites excluding steroid dienone is 7. The molecule has 0 spiro atoms. The molecule has 0 saturated carbocycles. The Morgan fingerprint density at radius 3 is 1.60 bits per heavy atom. The molecule has 6 aromatic rings. The standard InChI is InChI=1S/C50H44N2/c1-4-5-9-16-38(2)51-39(3)17-10-6-15-22-46-37-45(29-36-50(46)51)44-27-34-49(35-28-44)52(47-30-23-42(24-31-47)40-18-11-7-12-19-40)48-32-25-43(26-33-48)41-20-13-8-14-21-41/h4-21,23-37,39H,2,22H2,1,3H3/b5-4-,15-6-,16-9-,17-10-. The summed E-state index contributed by atoms with van der Waals surface area (Å²) < 4.78 is 0. The Balaban J connectivity index is 1.23. The molecule has 6 aromatic carbocycles. The molecule has 0 aromatic heterocycles. The van der Waals surface area contributed by atoms with Gasteiger partial charge in [0.15, 0.2) is 0 Å². The molecule has 1 atom stereocenters. The zero-order valence-corrected chi connectivity index (χ0v) is 29.9. The maximum Gasteiger partial charge on any atom is 0.0496 e. The molecule has 0 fully saturated rings. The highest BCUT2D eigenvalue weighted by Crippen LogP contribution is 2.39. The van der Waals surface area contributed by atoms with Crippen molar-refractivity contribution in [2.75, 3.05) is 9.80 Å². The first-order chi connectivity index (χ1) is 25.6. The summed E-state index contributed by atoms with van der Waals surface area (Å²) in [6, 6.07) is 54.8. The van der Waals surface area contributed by atoms with E-state index >= 15 is 0 Å². The normalized spacial score (nSPS) is 15.4. The van der Waals surface area contributed by atoms with Gasteiger partial charge in [0, 0.05) is 34.5 Å². The molecule has 0 radical (unpaired) electrons. The summed E-state index contributed by atoms with van der Waals surface area (Å²) in [6.45, 7) is 8.69. The zero-order chi connectivity index (χ0) is 35.7. The van der Waals surface area contributed by atoms with E-state index in [1.165, 1.54) is 44.6 Å². The largest absolute Gasteiger partial charge is 0.335 e. The van der Waals surface area contributed by atoms with Crippen molar-refractivity contribution in [2.45, 2.75) is 26.3 Å². The molecule has 0 N–H and O–H groups in total. The molecule has 0 bridgehead atoms. The van der Waals surface area contributed by atoms with Crippen LogP contribution in [0, 0.1) is 0 Å². The van der Waals surface area contributed by atoms with Crippen LogP contribution in [-0.4, -0.2) is 6.04 Å². The Bertz CT molecular complexity index is 2140. The number of hydrogen-bond donors (Lipinski definition) is 0. The highest BCUT2D eigenvalue weighted by atomic mass is 15.2. The average molecular weight is 673 g/mol. The zero-order valence-electron chi connectivity index (χ0n) is 29.9. The number of fused-ring (bicyclic) bond motifs is 1. The van der Waals surface area contributed by atoms with E-state index in [0.29, 0.717) is 0 Å². The first-order valence-electron chi connectivity index (χ1n) is 18.0. The van der Waals surface area contributed by atoms with E-state index in [1.54, 1.807) is 0 Å². The summed E-state index contributed by atoms with van der Waals surface area (Å²) in [7, 11) is 0. The van der Waals surface area contributed by atoms with Crippen LogP contribution in [-0.2, 0) is 6.42 Å². The van der Waals surface area contributed by atoms with Gasteiger partial charge in [-0.15, -0.1) is 0 Å². The minimum Gasteiger partial charge on any atom is -0.335 e. The van der Waals surface area contributed by atoms with Gasteiger partial charge in [0.1, 0.15) is 0 Å². The van der Waals surface area contributed by atoms with E-state index in [-0.39, 0.29) is 6.04 Å². The van der Waals surface area contributed by atoms with Gasteiger partial charge in [0.25, 0.3) is 0 Å². The van der Waals surface area contributed by atoms with Crippen LogP contribution in [0.5, 0.6) is 0 Å². The van der Waals surface area contributed by atoms with Crippen LogP contribution in [0.15, 0.2) is 213 Å². The summed E-state index contributed by atoms with van der Waals surface area (Å²) in [6.07, 6.45) is 17.8. The van der Waals surface area contributed by atoms with E-state index in [1.807, 2.05) is 19.1 Å². The molecule has 254 valence electrons. The van der Waals surface area contributed by atoms with Gasteiger partial charge in [-0.1, -0.05) is 152 Å². The predicted molar refractivity (Wildman–Crippen MR) is 224 cm³/mol. The lowest BCUT2D eigenvalue weighted by Crippen LogP contribution is -2.30. The van der Waals surface area contributed by atoms with Crippen LogP contribution in [0.25, 0.3) is 33.4 Å². The second-order valence-corrected chi connectivity index (χ2v) is 13.1. The molecule has 1 unspecified atom stereocenters. The summed E-state index contributed by atoms with van der Waals surface area (Å²) >= 11 is 0. The minimum absolute atomic E-state index is 0.156. The fourth-order valence-electron chi connectivity index (χ4n) is 6.86. The summed E-state index contributed by atoms with van der Waals surface area (Å²) in [5.41, 5.74) is 13.9. The lowest BCUT2D eigenvalue weighted by atomic mass is 9.98. The fourth-order valence-corrected chi connectivity index (χ4v) is 6.86. The molecule has 1 aliphatic heterocycles. The third kappa shape index (κ3) is 7.67. The molecular formula is C50H44N2. The predicted octanol–water partition coefficient (Wildman–Crippen LogP) is 13.7. The summed E-state index contributed by atoms with van der Waals surface area (Å²) in [5, 5.41) is 0. The Labute approximate surface area is 309 Å². The van der Waals surface area contributed by atoms with Crippen molar-refractivity contribution in [3.8, 4) is 33.4 Å². The third-order valence-corrected chi connectivity index (χ3v) is 9.55. The van der Waals surface area contributed by atoms with Crippen LogP contribution < -0.4 is 9.80 Å². The number of benzene rings is 6. The van der Waals surface area contributed by atoms with Gasteiger partial charge in [-0.05, 0) is 114 Å². The average Bonchev–Trinajstić information content (AvgIpc) is 3.28. The first-order valence-corrected chi connectivity index (χ1v) is 18.0. The van der Waals surface area contributed by atoms with Crippen molar-refractivity contribution < 1.29 is 0 Å². The van der Waals surface area contributed by atoms with E-state index in [9.17, 15) is 0 Å². The molecule has 1 heterocycles. The van der Waals surface area contributed by atoms with Crippen molar-refractivity contribution in [2.24, 2.45) is 0 Å². The molecular weight excluding hydrogens is 629 g/mol. The number of nitrogens with zero attached hydrogens (tertiary/aromatic N) is 2. The minimum atomic E-state index is 0.156. The smallest absolute Gasteiger partial charge is 0.0496 e. The second-order valence-electron chi connectivity index (χ2n) is 13.1. The van der Waals surface area contributed by atoms with Crippen molar-refractivity contribution in [1.82, 2.24) is 0 Å². The first kappa shape index (κ1) is 34.1. The quantitative estimate of drug-likeness (QED) is 0.141. The summed E-state index contributed by atoms with van der Waals surface area (Å²) in [5.74, 6) is 0. The van der Waals surface area contributed by atoms with E-state index in [2.05, 4.69) is 211 Å². The van der Waals surface area contributed by atoms with Gasteiger partial charge in [-0.2, -0.15) is 0 Å². The maximum absolute atomic E-state index is 4.45. The number of hydrogen-bond acceptors (Lipinski definition) is 2. The van der Waals surface area contributed by atoms with Crippen LogP contribution in [0.4, 0.5) is 22.7 Å². The Morgan fingerprint density at radius 2 is 1.08 bits per heavy atom. The Hall–Kier alpha value is -6.38. The van der Waals surface area contributed by atoms with Gasteiger partial charge in [0.05, 0.1) is 0 Å². The van der Waals surface area contributed by atoms with Crippen LogP contribution in [0.3, 0.4) is 0 Å². The van der Waals surface area contributed by atoms with Crippen LogP contribution in [0.1, 0.15) is 19.4 Å². The summed E-state index contributed by atoms with van der Waals surface area (Å²) in [4.78, 5) is 4.66. The van der Waals surface area contributed by atoms with E-state index < -0.39 is 0 Å².